The molecule has 1 aromatic rings. The second-order valence-electron chi connectivity index (χ2n) is 3.33. The Morgan fingerprint density at radius 1 is 1.65 bits per heavy atom. The Bertz CT molecular complexity index is 426. The first-order valence-corrected chi connectivity index (χ1v) is 5.28. The molecule has 1 rings (SSSR count). The molecule has 0 bridgehead atoms. The molecule has 4 heteroatoms. The second kappa shape index (κ2) is 6.66. The maximum absolute atomic E-state index is 13.1. The van der Waals surface area contributed by atoms with E-state index < -0.39 is 17.8 Å². The summed E-state index contributed by atoms with van der Waals surface area (Å²) in [4.78, 5) is 11.7. The van der Waals surface area contributed by atoms with Crippen molar-refractivity contribution in [3.05, 3.63) is 35.6 Å². The lowest BCUT2D eigenvalue weighted by atomic mass is 10.1. The van der Waals surface area contributed by atoms with E-state index in [1.54, 1.807) is 13.0 Å². The Balaban J connectivity index is 2.89. The lowest BCUT2D eigenvalue weighted by Crippen LogP contribution is -2.30. The molecule has 0 aliphatic carbocycles. The van der Waals surface area contributed by atoms with E-state index in [0.29, 0.717) is 5.56 Å². The molecule has 3 nitrogen and oxygen atoms in total. The molecular weight excluding hydrogens is 221 g/mol. The molecule has 0 aliphatic heterocycles. The lowest BCUT2D eigenvalue weighted by Gasteiger charge is -2.16. The van der Waals surface area contributed by atoms with Gasteiger partial charge in [-0.25, -0.2) is 9.18 Å². The molecule has 0 aromatic heterocycles. The van der Waals surface area contributed by atoms with Crippen molar-refractivity contribution in [1.29, 1.82) is 0 Å². The van der Waals surface area contributed by atoms with Crippen molar-refractivity contribution < 1.29 is 13.9 Å². The number of carbonyl (C=O) groups is 1. The highest BCUT2D eigenvalue weighted by atomic mass is 19.1. The van der Waals surface area contributed by atoms with Gasteiger partial charge in [0.2, 0.25) is 0 Å². The number of hydrogen-bond donors (Lipinski definition) is 1. The van der Waals surface area contributed by atoms with Gasteiger partial charge in [-0.05, 0) is 24.6 Å². The zero-order chi connectivity index (χ0) is 12.7. The van der Waals surface area contributed by atoms with E-state index in [1.807, 2.05) is 0 Å². The van der Waals surface area contributed by atoms with Crippen LogP contribution in [0.15, 0.2) is 24.3 Å². The molecule has 90 valence electrons. The summed E-state index contributed by atoms with van der Waals surface area (Å²) >= 11 is 0. The highest BCUT2D eigenvalue weighted by molar-refractivity contribution is 5.77. The molecule has 1 atom stereocenters. The van der Waals surface area contributed by atoms with Crippen LogP contribution < -0.4 is 5.32 Å². The van der Waals surface area contributed by atoms with Crippen LogP contribution in [0.5, 0.6) is 0 Å². The van der Waals surface area contributed by atoms with Crippen molar-refractivity contribution in [3.8, 4) is 12.3 Å². The monoisotopic (exact) mass is 235 g/mol. The van der Waals surface area contributed by atoms with Gasteiger partial charge in [0.25, 0.3) is 0 Å². The predicted molar refractivity (Wildman–Crippen MR) is 62.6 cm³/mol. The fraction of sp³-hybridized carbons (Fsp3) is 0.308. The van der Waals surface area contributed by atoms with Gasteiger partial charge in [0, 0.05) is 0 Å². The van der Waals surface area contributed by atoms with Gasteiger partial charge in [0.1, 0.15) is 11.9 Å². The van der Waals surface area contributed by atoms with Crippen LogP contribution in [0.2, 0.25) is 0 Å². The van der Waals surface area contributed by atoms with Crippen LogP contribution in [-0.2, 0) is 9.53 Å². The van der Waals surface area contributed by atoms with E-state index in [1.165, 1.54) is 18.2 Å². The van der Waals surface area contributed by atoms with E-state index in [-0.39, 0.29) is 13.2 Å². The number of terminal acetylenes is 1. The molecule has 0 aliphatic rings. The van der Waals surface area contributed by atoms with Gasteiger partial charge >= 0.3 is 5.97 Å². The fourth-order valence-electron chi connectivity index (χ4n) is 1.41. The van der Waals surface area contributed by atoms with Gasteiger partial charge in [-0.2, -0.15) is 0 Å². The fourth-order valence-corrected chi connectivity index (χ4v) is 1.41. The zero-order valence-corrected chi connectivity index (χ0v) is 9.57. The maximum Gasteiger partial charge on any atom is 0.327 e. The molecule has 0 saturated carbocycles. The number of carbonyl (C=O) groups excluding carboxylic acids is 1. The van der Waals surface area contributed by atoms with Crippen molar-refractivity contribution in [2.75, 3.05) is 13.2 Å². The molecule has 1 N–H and O–H groups in total. The van der Waals surface area contributed by atoms with Crippen molar-refractivity contribution in [2.24, 2.45) is 0 Å². The summed E-state index contributed by atoms with van der Waals surface area (Å²) in [5, 5.41) is 2.82. The minimum absolute atomic E-state index is 0.208. The average molecular weight is 235 g/mol. The van der Waals surface area contributed by atoms with Crippen molar-refractivity contribution in [3.63, 3.8) is 0 Å². The van der Waals surface area contributed by atoms with Gasteiger partial charge < -0.3 is 4.74 Å². The molecule has 0 fully saturated rings. The average Bonchev–Trinajstić information content (AvgIpc) is 2.30. The summed E-state index contributed by atoms with van der Waals surface area (Å²) in [5.41, 5.74) is 0.499. The summed E-state index contributed by atoms with van der Waals surface area (Å²) in [6.07, 6.45) is 5.12. The van der Waals surface area contributed by atoms with Crippen molar-refractivity contribution >= 4 is 5.97 Å². The van der Waals surface area contributed by atoms with Gasteiger partial charge in [-0.3, -0.25) is 5.32 Å². The number of ether oxygens (including phenoxy) is 1. The van der Waals surface area contributed by atoms with E-state index in [9.17, 15) is 9.18 Å². The van der Waals surface area contributed by atoms with E-state index in [4.69, 9.17) is 11.2 Å². The van der Waals surface area contributed by atoms with Crippen molar-refractivity contribution in [2.45, 2.75) is 13.0 Å². The van der Waals surface area contributed by atoms with Crippen molar-refractivity contribution in [1.82, 2.24) is 5.32 Å². The Hall–Kier alpha value is -1.86. The van der Waals surface area contributed by atoms with E-state index in [0.717, 1.165) is 0 Å². The molecule has 1 aromatic carbocycles. The molecule has 0 radical (unpaired) electrons. The van der Waals surface area contributed by atoms with E-state index >= 15 is 0 Å². The predicted octanol–water partition coefficient (Wildman–Crippen LogP) is 1.65. The molecule has 0 heterocycles. The third-order valence-corrected chi connectivity index (χ3v) is 2.11. The number of halogens is 1. The van der Waals surface area contributed by atoms with Crippen LogP contribution in [0, 0.1) is 18.2 Å². The van der Waals surface area contributed by atoms with Crippen LogP contribution in [-0.4, -0.2) is 19.1 Å². The van der Waals surface area contributed by atoms with Gasteiger partial charge in [-0.15, -0.1) is 6.42 Å². The van der Waals surface area contributed by atoms with Gasteiger partial charge in [-0.1, -0.05) is 18.1 Å². The van der Waals surface area contributed by atoms with Crippen LogP contribution in [0.3, 0.4) is 0 Å². The topological polar surface area (TPSA) is 38.3 Å². The minimum Gasteiger partial charge on any atom is -0.465 e. The number of benzene rings is 1. The summed E-state index contributed by atoms with van der Waals surface area (Å²) in [7, 11) is 0. The van der Waals surface area contributed by atoms with Gasteiger partial charge in [0.15, 0.2) is 0 Å². The second-order valence-corrected chi connectivity index (χ2v) is 3.33. The molecule has 0 amide bonds. The minimum atomic E-state index is -0.735. The van der Waals surface area contributed by atoms with Crippen LogP contribution in [0.4, 0.5) is 4.39 Å². The van der Waals surface area contributed by atoms with Crippen LogP contribution in [0.1, 0.15) is 18.5 Å². The summed E-state index contributed by atoms with van der Waals surface area (Å²) in [6, 6.07) is 5.04. The highest BCUT2D eigenvalue weighted by Crippen LogP contribution is 2.15. The number of rotatable bonds is 5. The Labute approximate surface area is 100.0 Å². The molecule has 0 saturated heterocycles. The first kappa shape index (κ1) is 13.2. The maximum atomic E-state index is 13.1. The number of nitrogens with one attached hydrogen (secondary N) is 1. The molecule has 17 heavy (non-hydrogen) atoms. The third kappa shape index (κ3) is 3.89. The van der Waals surface area contributed by atoms with Crippen LogP contribution >= 0.6 is 0 Å². The Kier molecular flexibility index (Phi) is 5.18. The lowest BCUT2D eigenvalue weighted by molar-refractivity contribution is -0.145. The third-order valence-electron chi connectivity index (χ3n) is 2.11. The molecular formula is C13H14FNO2. The molecule has 1 unspecified atom stereocenters. The normalized spacial score (nSPS) is 11.6. The molecule has 0 spiro atoms. The van der Waals surface area contributed by atoms with Gasteiger partial charge in [0.05, 0.1) is 13.2 Å². The summed E-state index contributed by atoms with van der Waals surface area (Å²) < 4.78 is 18.0. The quantitative estimate of drug-likeness (QED) is 0.623. The highest BCUT2D eigenvalue weighted by Gasteiger charge is 2.21. The Morgan fingerprint density at radius 2 is 2.41 bits per heavy atom. The smallest absolute Gasteiger partial charge is 0.327 e. The largest absolute Gasteiger partial charge is 0.465 e. The number of esters is 1. The van der Waals surface area contributed by atoms with E-state index in [2.05, 4.69) is 11.2 Å². The standard InChI is InChI=1S/C13H14FNO2/c1-3-8-15-12(13(16)17-4-2)10-6-5-7-11(14)9-10/h1,5-7,9,12,15H,4,8H2,2H3. The first-order chi connectivity index (χ1) is 8.19. The summed E-state index contributed by atoms with van der Waals surface area (Å²) in [5.74, 6) is 1.50. The zero-order valence-electron chi connectivity index (χ0n) is 9.57. The Morgan fingerprint density at radius 3 is 3.00 bits per heavy atom. The first-order valence-electron chi connectivity index (χ1n) is 5.28. The SMILES string of the molecule is C#CCNC(C(=O)OCC)c1cccc(F)c1. The summed E-state index contributed by atoms with van der Waals surface area (Å²) in [6.45, 7) is 2.18. The number of hydrogen-bond acceptors (Lipinski definition) is 3. The van der Waals surface area contributed by atoms with Crippen LogP contribution in [0.25, 0.3) is 0 Å².